The number of hydrogen-bond acceptors (Lipinski definition) is 5. The van der Waals surface area contributed by atoms with Gasteiger partial charge in [-0.25, -0.2) is 8.78 Å². The van der Waals surface area contributed by atoms with Crippen LogP contribution in [0.5, 0.6) is 11.5 Å². The Morgan fingerprint density at radius 1 is 1.03 bits per heavy atom. The maximum atomic E-state index is 13.5. The Bertz CT molecular complexity index is 842. The second-order valence-corrected chi connectivity index (χ2v) is 7.16. The molecule has 1 heterocycles. The maximum absolute atomic E-state index is 13.5. The molecular weight excluding hydrogens is 392 g/mol. The predicted octanol–water partition coefficient (Wildman–Crippen LogP) is 2.29. The average molecular weight is 419 g/mol. The van der Waals surface area contributed by atoms with E-state index in [0.717, 1.165) is 31.7 Å². The largest absolute Gasteiger partial charge is 0.496 e. The molecule has 6 nitrogen and oxygen atoms in total. The lowest BCUT2D eigenvalue weighted by atomic mass is 10.1. The number of piperazine rings is 1. The number of nitrogens with one attached hydrogen (secondary N) is 1. The molecule has 1 N–H and O–H groups in total. The highest BCUT2D eigenvalue weighted by molar-refractivity contribution is 5.78. The number of amides is 1. The maximum Gasteiger partial charge on any atom is 0.234 e. The van der Waals surface area contributed by atoms with Gasteiger partial charge in [0.05, 0.1) is 20.2 Å². The number of ether oxygens (including phenoxy) is 2. The summed E-state index contributed by atoms with van der Waals surface area (Å²) in [6.45, 7) is 4.64. The molecule has 1 fully saturated rings. The summed E-state index contributed by atoms with van der Waals surface area (Å²) in [4.78, 5) is 16.4. The highest BCUT2D eigenvalue weighted by Gasteiger charge is 2.20. The lowest BCUT2D eigenvalue weighted by molar-refractivity contribution is -0.122. The molecule has 0 unspecified atom stereocenters. The fraction of sp³-hybridized carbons (Fsp3) is 0.409. The molecule has 30 heavy (non-hydrogen) atoms. The molecular formula is C22H27F2N3O3. The second kappa shape index (κ2) is 10.9. The number of carbonyl (C=O) groups excluding carboxylic acids is 1. The first-order chi connectivity index (χ1) is 14.5. The molecule has 0 bridgehead atoms. The fourth-order valence-electron chi connectivity index (χ4n) is 3.39. The van der Waals surface area contributed by atoms with E-state index in [2.05, 4.69) is 15.1 Å². The Morgan fingerprint density at radius 3 is 2.50 bits per heavy atom. The lowest BCUT2D eigenvalue weighted by Crippen LogP contribution is -2.49. The first-order valence-electron chi connectivity index (χ1n) is 9.95. The van der Waals surface area contributed by atoms with Crippen LogP contribution in [0.4, 0.5) is 8.78 Å². The minimum atomic E-state index is -0.355. The van der Waals surface area contributed by atoms with Gasteiger partial charge in [-0.3, -0.25) is 14.6 Å². The van der Waals surface area contributed by atoms with E-state index in [0.29, 0.717) is 31.1 Å². The Hall–Kier alpha value is -2.71. The highest BCUT2D eigenvalue weighted by atomic mass is 19.1. The van der Waals surface area contributed by atoms with Crippen LogP contribution in [-0.4, -0.2) is 68.7 Å². The predicted molar refractivity (Wildman–Crippen MR) is 110 cm³/mol. The van der Waals surface area contributed by atoms with Gasteiger partial charge in [-0.15, -0.1) is 0 Å². The van der Waals surface area contributed by atoms with Crippen molar-refractivity contribution in [3.05, 3.63) is 59.7 Å². The van der Waals surface area contributed by atoms with Gasteiger partial charge in [0.2, 0.25) is 5.91 Å². The SMILES string of the molecule is COc1ccc(F)cc1CN1CCN(CC(=O)NCCOc2cccc(F)c2)CC1. The summed E-state index contributed by atoms with van der Waals surface area (Å²) in [6, 6.07) is 10.4. The zero-order chi connectivity index (χ0) is 21.3. The van der Waals surface area contributed by atoms with Crippen LogP contribution in [0.15, 0.2) is 42.5 Å². The van der Waals surface area contributed by atoms with Crippen LogP contribution in [0.1, 0.15) is 5.56 Å². The zero-order valence-electron chi connectivity index (χ0n) is 17.1. The Kier molecular flexibility index (Phi) is 7.98. The number of rotatable bonds is 9. The van der Waals surface area contributed by atoms with Crippen molar-refractivity contribution in [2.24, 2.45) is 0 Å². The van der Waals surface area contributed by atoms with Crippen molar-refractivity contribution in [1.82, 2.24) is 15.1 Å². The van der Waals surface area contributed by atoms with Crippen molar-refractivity contribution >= 4 is 5.91 Å². The number of halogens is 2. The molecule has 1 aliphatic heterocycles. The number of carbonyl (C=O) groups is 1. The Morgan fingerprint density at radius 2 is 1.77 bits per heavy atom. The van der Waals surface area contributed by atoms with Gasteiger partial charge in [-0.2, -0.15) is 0 Å². The van der Waals surface area contributed by atoms with Crippen LogP contribution >= 0.6 is 0 Å². The molecule has 0 radical (unpaired) electrons. The van der Waals surface area contributed by atoms with Crippen LogP contribution in [0.2, 0.25) is 0 Å². The molecule has 162 valence electrons. The van der Waals surface area contributed by atoms with Gasteiger partial charge in [0.1, 0.15) is 29.7 Å². The van der Waals surface area contributed by atoms with E-state index < -0.39 is 0 Å². The summed E-state index contributed by atoms with van der Waals surface area (Å²) >= 11 is 0. The van der Waals surface area contributed by atoms with Crippen molar-refractivity contribution in [2.75, 3.05) is 53.0 Å². The van der Waals surface area contributed by atoms with E-state index >= 15 is 0 Å². The average Bonchev–Trinajstić information content (AvgIpc) is 2.73. The van der Waals surface area contributed by atoms with Crippen molar-refractivity contribution < 1.29 is 23.0 Å². The second-order valence-electron chi connectivity index (χ2n) is 7.16. The quantitative estimate of drug-likeness (QED) is 0.632. The van der Waals surface area contributed by atoms with E-state index in [1.807, 2.05) is 0 Å². The van der Waals surface area contributed by atoms with Gasteiger partial charge in [-0.1, -0.05) is 6.07 Å². The molecule has 0 atom stereocenters. The monoisotopic (exact) mass is 419 g/mol. The number of nitrogens with zero attached hydrogens (tertiary/aromatic N) is 2. The normalized spacial score (nSPS) is 15.0. The first kappa shape index (κ1) is 22.0. The third kappa shape index (κ3) is 6.67. The lowest BCUT2D eigenvalue weighted by Gasteiger charge is -2.34. The van der Waals surface area contributed by atoms with Crippen molar-refractivity contribution in [3.8, 4) is 11.5 Å². The van der Waals surface area contributed by atoms with E-state index in [4.69, 9.17) is 9.47 Å². The summed E-state index contributed by atoms with van der Waals surface area (Å²) in [5.41, 5.74) is 0.821. The van der Waals surface area contributed by atoms with E-state index in [1.165, 1.54) is 24.3 Å². The van der Waals surface area contributed by atoms with Crippen LogP contribution in [0.25, 0.3) is 0 Å². The first-order valence-corrected chi connectivity index (χ1v) is 9.95. The summed E-state index contributed by atoms with van der Waals surface area (Å²) in [5.74, 6) is 0.418. The molecule has 0 saturated carbocycles. The smallest absolute Gasteiger partial charge is 0.234 e. The number of benzene rings is 2. The molecule has 3 rings (SSSR count). The molecule has 8 heteroatoms. The van der Waals surface area contributed by atoms with Gasteiger partial charge in [0.25, 0.3) is 0 Å². The molecule has 1 saturated heterocycles. The van der Waals surface area contributed by atoms with Gasteiger partial charge >= 0.3 is 0 Å². The van der Waals surface area contributed by atoms with Crippen LogP contribution in [0.3, 0.4) is 0 Å². The highest BCUT2D eigenvalue weighted by Crippen LogP contribution is 2.21. The van der Waals surface area contributed by atoms with Crippen LogP contribution in [-0.2, 0) is 11.3 Å². The minimum Gasteiger partial charge on any atom is -0.496 e. The number of methoxy groups -OCH3 is 1. The van der Waals surface area contributed by atoms with Gasteiger partial charge in [0.15, 0.2) is 0 Å². The summed E-state index contributed by atoms with van der Waals surface area (Å²) in [6.07, 6.45) is 0. The molecule has 0 spiro atoms. The van der Waals surface area contributed by atoms with Gasteiger partial charge in [0, 0.05) is 44.4 Å². The standard InChI is InChI=1S/C22H27F2N3O3/c1-29-21-6-5-19(24)13-17(21)15-26-8-10-27(11-9-26)16-22(28)25-7-12-30-20-4-2-3-18(23)14-20/h2-6,13-14H,7-12,15-16H2,1H3,(H,25,28). The Labute approximate surface area is 175 Å². The summed E-state index contributed by atoms with van der Waals surface area (Å²) in [5, 5.41) is 2.82. The molecule has 2 aromatic rings. The molecule has 0 aromatic heterocycles. The molecule has 0 aliphatic carbocycles. The van der Waals surface area contributed by atoms with Crippen molar-refractivity contribution in [1.29, 1.82) is 0 Å². The van der Waals surface area contributed by atoms with Crippen molar-refractivity contribution in [2.45, 2.75) is 6.54 Å². The molecule has 1 amide bonds. The Balaban J connectivity index is 1.34. The summed E-state index contributed by atoms with van der Waals surface area (Å²) in [7, 11) is 1.58. The fourth-order valence-corrected chi connectivity index (χ4v) is 3.39. The van der Waals surface area contributed by atoms with E-state index in [9.17, 15) is 13.6 Å². The minimum absolute atomic E-state index is 0.0712. The number of hydrogen-bond donors (Lipinski definition) is 1. The third-order valence-corrected chi connectivity index (χ3v) is 4.96. The van der Waals surface area contributed by atoms with E-state index in [1.54, 1.807) is 25.3 Å². The van der Waals surface area contributed by atoms with Crippen LogP contribution in [0, 0.1) is 11.6 Å². The third-order valence-electron chi connectivity index (χ3n) is 4.96. The van der Waals surface area contributed by atoms with Crippen molar-refractivity contribution in [3.63, 3.8) is 0 Å². The topological polar surface area (TPSA) is 54.0 Å². The molecule has 2 aromatic carbocycles. The molecule has 1 aliphatic rings. The van der Waals surface area contributed by atoms with Gasteiger partial charge < -0.3 is 14.8 Å². The van der Waals surface area contributed by atoms with Gasteiger partial charge in [-0.05, 0) is 30.3 Å². The van der Waals surface area contributed by atoms with E-state index in [-0.39, 0.29) is 24.1 Å². The zero-order valence-corrected chi connectivity index (χ0v) is 17.1. The van der Waals surface area contributed by atoms with Crippen LogP contribution < -0.4 is 14.8 Å². The summed E-state index contributed by atoms with van der Waals surface area (Å²) < 4.78 is 37.3.